The molecular formula is C18H18N2O2. The SMILES string of the molecule is Cc1ccc(-c2ccc(C(=O)C(C)Cn3ccnc3)o2)cc1. The molecule has 22 heavy (non-hydrogen) atoms. The lowest BCUT2D eigenvalue weighted by Crippen LogP contribution is -2.16. The Morgan fingerprint density at radius 1 is 1.23 bits per heavy atom. The third-order valence-electron chi connectivity index (χ3n) is 3.68. The quantitative estimate of drug-likeness (QED) is 0.669. The molecule has 1 unspecified atom stereocenters. The van der Waals surface area contributed by atoms with Crippen molar-refractivity contribution in [1.29, 1.82) is 0 Å². The summed E-state index contributed by atoms with van der Waals surface area (Å²) in [6, 6.07) is 11.7. The molecule has 0 saturated heterocycles. The fraction of sp³-hybridized carbons (Fsp3) is 0.222. The molecule has 0 aliphatic heterocycles. The Bertz CT molecular complexity index is 755. The number of ketones is 1. The summed E-state index contributed by atoms with van der Waals surface area (Å²) in [5.41, 5.74) is 2.17. The molecule has 2 aromatic heterocycles. The Hall–Kier alpha value is -2.62. The molecule has 0 saturated carbocycles. The molecule has 0 aliphatic carbocycles. The molecule has 2 heterocycles. The number of Topliss-reactive ketones (excluding diaryl/α,β-unsaturated/α-hetero) is 1. The molecule has 0 spiro atoms. The second kappa shape index (κ2) is 6.02. The third kappa shape index (κ3) is 3.01. The molecule has 0 bridgehead atoms. The zero-order chi connectivity index (χ0) is 15.5. The van der Waals surface area contributed by atoms with Crippen LogP contribution in [0.15, 0.2) is 59.5 Å². The van der Waals surface area contributed by atoms with E-state index in [4.69, 9.17) is 4.42 Å². The van der Waals surface area contributed by atoms with Crippen LogP contribution in [0.2, 0.25) is 0 Å². The van der Waals surface area contributed by atoms with Gasteiger partial charge in [-0.2, -0.15) is 0 Å². The van der Waals surface area contributed by atoms with Gasteiger partial charge in [-0.3, -0.25) is 4.79 Å². The van der Waals surface area contributed by atoms with Crippen molar-refractivity contribution in [2.75, 3.05) is 0 Å². The lowest BCUT2D eigenvalue weighted by atomic mass is 10.0. The van der Waals surface area contributed by atoms with Gasteiger partial charge in [-0.25, -0.2) is 4.98 Å². The van der Waals surface area contributed by atoms with Gasteiger partial charge in [0, 0.05) is 30.4 Å². The summed E-state index contributed by atoms with van der Waals surface area (Å²) in [6.45, 7) is 4.54. The molecule has 0 amide bonds. The number of rotatable bonds is 5. The van der Waals surface area contributed by atoms with Gasteiger partial charge < -0.3 is 8.98 Å². The Kier molecular flexibility index (Phi) is 3.92. The van der Waals surface area contributed by atoms with E-state index in [-0.39, 0.29) is 11.7 Å². The third-order valence-corrected chi connectivity index (χ3v) is 3.68. The van der Waals surface area contributed by atoms with Crippen LogP contribution >= 0.6 is 0 Å². The van der Waals surface area contributed by atoms with E-state index < -0.39 is 0 Å². The fourth-order valence-corrected chi connectivity index (χ4v) is 2.38. The second-order valence-corrected chi connectivity index (χ2v) is 5.55. The lowest BCUT2D eigenvalue weighted by molar-refractivity contribution is 0.0891. The predicted molar refractivity (Wildman–Crippen MR) is 84.6 cm³/mol. The van der Waals surface area contributed by atoms with Crippen LogP contribution in [0.3, 0.4) is 0 Å². The summed E-state index contributed by atoms with van der Waals surface area (Å²) in [5.74, 6) is 0.972. The monoisotopic (exact) mass is 294 g/mol. The summed E-state index contributed by atoms with van der Waals surface area (Å²) in [5, 5.41) is 0. The first-order valence-corrected chi connectivity index (χ1v) is 7.30. The molecule has 112 valence electrons. The molecule has 4 heteroatoms. The normalized spacial score (nSPS) is 12.3. The number of hydrogen-bond donors (Lipinski definition) is 0. The van der Waals surface area contributed by atoms with E-state index in [9.17, 15) is 4.79 Å². The number of aryl methyl sites for hydroxylation is 1. The molecule has 0 aliphatic rings. The van der Waals surface area contributed by atoms with Crippen molar-refractivity contribution in [2.45, 2.75) is 20.4 Å². The number of carbonyl (C=O) groups is 1. The Morgan fingerprint density at radius 3 is 2.68 bits per heavy atom. The molecule has 4 nitrogen and oxygen atoms in total. The maximum Gasteiger partial charge on any atom is 0.202 e. The number of carbonyl (C=O) groups excluding carboxylic acids is 1. The average Bonchev–Trinajstić information content (AvgIpc) is 3.18. The van der Waals surface area contributed by atoms with Crippen molar-refractivity contribution >= 4 is 5.78 Å². The van der Waals surface area contributed by atoms with Gasteiger partial charge in [-0.1, -0.05) is 36.8 Å². The number of furan rings is 1. The molecule has 1 atom stereocenters. The molecule has 3 aromatic rings. The number of benzene rings is 1. The first-order valence-electron chi connectivity index (χ1n) is 7.30. The van der Waals surface area contributed by atoms with Gasteiger partial charge in [-0.15, -0.1) is 0 Å². The zero-order valence-corrected chi connectivity index (χ0v) is 12.7. The van der Waals surface area contributed by atoms with Crippen LogP contribution < -0.4 is 0 Å². The first-order chi connectivity index (χ1) is 10.6. The van der Waals surface area contributed by atoms with E-state index in [2.05, 4.69) is 4.98 Å². The van der Waals surface area contributed by atoms with Gasteiger partial charge in [-0.05, 0) is 19.1 Å². The summed E-state index contributed by atoms with van der Waals surface area (Å²) in [6.07, 6.45) is 5.27. The van der Waals surface area contributed by atoms with Crippen LogP contribution in [0.4, 0.5) is 0 Å². The topological polar surface area (TPSA) is 48.0 Å². The van der Waals surface area contributed by atoms with E-state index in [1.54, 1.807) is 18.6 Å². The Balaban J connectivity index is 1.75. The summed E-state index contributed by atoms with van der Waals surface area (Å²) >= 11 is 0. The van der Waals surface area contributed by atoms with Crippen LogP contribution in [0.5, 0.6) is 0 Å². The van der Waals surface area contributed by atoms with Crippen LogP contribution in [0, 0.1) is 12.8 Å². The van der Waals surface area contributed by atoms with Gasteiger partial charge in [0.15, 0.2) is 5.76 Å². The highest BCUT2D eigenvalue weighted by Gasteiger charge is 2.19. The van der Waals surface area contributed by atoms with Crippen molar-refractivity contribution in [1.82, 2.24) is 9.55 Å². The largest absolute Gasteiger partial charge is 0.453 e. The van der Waals surface area contributed by atoms with Crippen LogP contribution in [0.25, 0.3) is 11.3 Å². The number of aromatic nitrogens is 2. The highest BCUT2D eigenvalue weighted by Crippen LogP contribution is 2.24. The van der Waals surface area contributed by atoms with Gasteiger partial charge in [0.25, 0.3) is 0 Å². The van der Waals surface area contributed by atoms with Crippen LogP contribution in [-0.2, 0) is 6.54 Å². The Morgan fingerprint density at radius 2 is 2.00 bits per heavy atom. The average molecular weight is 294 g/mol. The maximum atomic E-state index is 12.4. The number of nitrogens with zero attached hydrogens (tertiary/aromatic N) is 2. The predicted octanol–water partition coefficient (Wildman–Crippen LogP) is 3.97. The highest BCUT2D eigenvalue weighted by molar-refractivity contribution is 5.95. The van der Waals surface area contributed by atoms with Crippen molar-refractivity contribution in [3.8, 4) is 11.3 Å². The molecule has 0 N–H and O–H groups in total. The van der Waals surface area contributed by atoms with E-state index in [1.807, 2.05) is 54.9 Å². The van der Waals surface area contributed by atoms with E-state index in [1.165, 1.54) is 5.56 Å². The minimum Gasteiger partial charge on any atom is -0.453 e. The van der Waals surface area contributed by atoms with Gasteiger partial charge in [0.1, 0.15) is 5.76 Å². The number of hydrogen-bond acceptors (Lipinski definition) is 3. The molecule has 3 rings (SSSR count). The van der Waals surface area contributed by atoms with Crippen molar-refractivity contribution in [3.05, 3.63) is 66.4 Å². The van der Waals surface area contributed by atoms with Crippen molar-refractivity contribution in [3.63, 3.8) is 0 Å². The standard InChI is InChI=1S/C18H18N2O2/c1-13-3-5-15(6-4-13)16-7-8-17(22-16)18(21)14(2)11-20-10-9-19-12-20/h3-10,12,14H,11H2,1-2H3. The molecule has 0 fully saturated rings. The van der Waals surface area contributed by atoms with Crippen LogP contribution in [-0.4, -0.2) is 15.3 Å². The van der Waals surface area contributed by atoms with Crippen molar-refractivity contribution < 1.29 is 9.21 Å². The minimum absolute atomic E-state index is 0.00654. The van der Waals surface area contributed by atoms with Crippen LogP contribution in [0.1, 0.15) is 23.0 Å². The zero-order valence-electron chi connectivity index (χ0n) is 12.7. The van der Waals surface area contributed by atoms with Crippen molar-refractivity contribution in [2.24, 2.45) is 5.92 Å². The Labute approximate surface area is 129 Å². The van der Waals surface area contributed by atoms with Gasteiger partial charge in [0.05, 0.1) is 6.33 Å². The van der Waals surface area contributed by atoms with E-state index in [0.717, 1.165) is 11.3 Å². The van der Waals surface area contributed by atoms with Gasteiger partial charge in [0.2, 0.25) is 5.78 Å². The smallest absolute Gasteiger partial charge is 0.202 e. The van der Waals surface area contributed by atoms with E-state index >= 15 is 0 Å². The maximum absolute atomic E-state index is 12.4. The molecular weight excluding hydrogens is 276 g/mol. The van der Waals surface area contributed by atoms with E-state index in [0.29, 0.717) is 12.3 Å². The molecule has 1 aromatic carbocycles. The fourth-order valence-electron chi connectivity index (χ4n) is 2.38. The summed E-state index contributed by atoms with van der Waals surface area (Å²) < 4.78 is 7.63. The molecule has 0 radical (unpaired) electrons. The minimum atomic E-state index is -0.161. The second-order valence-electron chi connectivity index (χ2n) is 5.55. The first kappa shape index (κ1) is 14.3. The highest BCUT2D eigenvalue weighted by atomic mass is 16.3. The lowest BCUT2D eigenvalue weighted by Gasteiger charge is -2.09. The summed E-state index contributed by atoms with van der Waals surface area (Å²) in [4.78, 5) is 16.4. The summed E-state index contributed by atoms with van der Waals surface area (Å²) in [7, 11) is 0. The number of imidazole rings is 1. The van der Waals surface area contributed by atoms with Gasteiger partial charge >= 0.3 is 0 Å².